The summed E-state index contributed by atoms with van der Waals surface area (Å²) in [6, 6.07) is 7.80. The van der Waals surface area contributed by atoms with Crippen LogP contribution in [0.2, 0.25) is 0 Å². The molecule has 0 heterocycles. The van der Waals surface area contributed by atoms with Gasteiger partial charge in [-0.3, -0.25) is 0 Å². The molecule has 4 heteroatoms. The Morgan fingerprint density at radius 2 is 2.00 bits per heavy atom. The third-order valence-electron chi connectivity index (χ3n) is 2.50. The first kappa shape index (κ1) is 15.0. The first-order valence-electron chi connectivity index (χ1n) is 6.23. The Balaban J connectivity index is 2.56. The molecule has 102 valence electrons. The molecule has 0 aliphatic heterocycles. The molecule has 1 aromatic rings. The van der Waals surface area contributed by atoms with Crippen LogP contribution >= 0.6 is 0 Å². The van der Waals surface area contributed by atoms with Crippen LogP contribution in [0.15, 0.2) is 24.3 Å². The summed E-state index contributed by atoms with van der Waals surface area (Å²) >= 11 is 0. The minimum atomic E-state index is -1.09. The number of rotatable bonds is 7. The molecule has 0 amide bonds. The number of aliphatic hydroxyl groups is 2. The Labute approximate surface area is 109 Å². The van der Waals surface area contributed by atoms with Crippen LogP contribution in [0.25, 0.3) is 0 Å². The van der Waals surface area contributed by atoms with Crippen molar-refractivity contribution in [2.45, 2.75) is 39.0 Å². The highest BCUT2D eigenvalue weighted by Crippen LogP contribution is 2.19. The highest BCUT2D eigenvalue weighted by Gasteiger charge is 2.18. The Morgan fingerprint density at radius 1 is 1.33 bits per heavy atom. The van der Waals surface area contributed by atoms with E-state index in [1.54, 1.807) is 6.92 Å². The van der Waals surface area contributed by atoms with Crippen molar-refractivity contribution < 1.29 is 14.9 Å². The van der Waals surface area contributed by atoms with Gasteiger partial charge in [0, 0.05) is 18.7 Å². The molecule has 1 aromatic carbocycles. The lowest BCUT2D eigenvalue weighted by atomic mass is 10.1. The van der Waals surface area contributed by atoms with Crippen LogP contribution in [0.4, 0.5) is 0 Å². The predicted molar refractivity (Wildman–Crippen MR) is 71.6 cm³/mol. The van der Waals surface area contributed by atoms with E-state index in [0.717, 1.165) is 11.3 Å². The third-order valence-corrected chi connectivity index (χ3v) is 2.50. The second kappa shape index (κ2) is 6.73. The molecule has 1 unspecified atom stereocenters. The molecule has 4 nitrogen and oxygen atoms in total. The van der Waals surface area contributed by atoms with E-state index in [1.165, 1.54) is 0 Å². The summed E-state index contributed by atoms with van der Waals surface area (Å²) in [4.78, 5) is 0. The maximum Gasteiger partial charge on any atom is 0.124 e. The molecule has 18 heavy (non-hydrogen) atoms. The van der Waals surface area contributed by atoms with E-state index in [2.05, 4.69) is 5.32 Å². The van der Waals surface area contributed by atoms with Gasteiger partial charge in [0.2, 0.25) is 0 Å². The van der Waals surface area contributed by atoms with Gasteiger partial charge < -0.3 is 20.3 Å². The van der Waals surface area contributed by atoms with Crippen molar-refractivity contribution in [3.63, 3.8) is 0 Å². The normalized spacial score (nSPS) is 14.6. The van der Waals surface area contributed by atoms with E-state index < -0.39 is 5.60 Å². The fourth-order valence-electron chi connectivity index (χ4n) is 1.54. The Hall–Kier alpha value is -1.10. The van der Waals surface area contributed by atoms with Crippen molar-refractivity contribution in [3.8, 4) is 5.75 Å². The van der Waals surface area contributed by atoms with Crippen LogP contribution in [0.3, 0.4) is 0 Å². The minimum absolute atomic E-state index is 0.131. The Morgan fingerprint density at radius 3 is 2.61 bits per heavy atom. The molecule has 0 aliphatic carbocycles. The van der Waals surface area contributed by atoms with E-state index in [1.807, 2.05) is 38.1 Å². The van der Waals surface area contributed by atoms with Crippen LogP contribution in [-0.2, 0) is 6.54 Å². The van der Waals surface area contributed by atoms with Gasteiger partial charge in [-0.05, 0) is 26.8 Å². The number of para-hydroxylation sites is 1. The highest BCUT2D eigenvalue weighted by atomic mass is 16.5. The first-order valence-corrected chi connectivity index (χ1v) is 6.23. The van der Waals surface area contributed by atoms with Crippen molar-refractivity contribution in [3.05, 3.63) is 29.8 Å². The number of hydrogen-bond acceptors (Lipinski definition) is 4. The monoisotopic (exact) mass is 253 g/mol. The molecule has 1 atom stereocenters. The van der Waals surface area contributed by atoms with E-state index >= 15 is 0 Å². The molecule has 0 bridgehead atoms. The first-order chi connectivity index (χ1) is 8.44. The SMILES string of the molecule is CC(C)Oc1ccccc1CNCC(C)(O)CO. The fraction of sp³-hybridized carbons (Fsp3) is 0.571. The van der Waals surface area contributed by atoms with E-state index in [4.69, 9.17) is 9.84 Å². The van der Waals surface area contributed by atoms with Gasteiger partial charge in [-0.2, -0.15) is 0 Å². The summed E-state index contributed by atoms with van der Waals surface area (Å²) in [5, 5.41) is 21.7. The van der Waals surface area contributed by atoms with Gasteiger partial charge in [0.25, 0.3) is 0 Å². The summed E-state index contributed by atoms with van der Waals surface area (Å²) in [7, 11) is 0. The average Bonchev–Trinajstić information content (AvgIpc) is 2.30. The zero-order valence-electron chi connectivity index (χ0n) is 11.3. The second-order valence-electron chi connectivity index (χ2n) is 5.03. The third kappa shape index (κ3) is 5.04. The molecule has 0 saturated carbocycles. The summed E-state index contributed by atoms with van der Waals surface area (Å²) in [6.45, 7) is 6.24. The van der Waals surface area contributed by atoms with Gasteiger partial charge in [0.1, 0.15) is 5.75 Å². The van der Waals surface area contributed by atoms with E-state index in [-0.39, 0.29) is 12.7 Å². The molecule has 0 saturated heterocycles. The molecule has 0 aromatic heterocycles. The summed E-state index contributed by atoms with van der Waals surface area (Å²) in [5.74, 6) is 0.851. The van der Waals surface area contributed by atoms with Gasteiger partial charge in [-0.15, -0.1) is 0 Å². The number of aliphatic hydroxyl groups excluding tert-OH is 1. The average molecular weight is 253 g/mol. The largest absolute Gasteiger partial charge is 0.491 e. The van der Waals surface area contributed by atoms with Gasteiger partial charge in [0.15, 0.2) is 0 Å². The van der Waals surface area contributed by atoms with Crippen LogP contribution in [0.5, 0.6) is 5.75 Å². The van der Waals surface area contributed by atoms with Crippen LogP contribution in [-0.4, -0.2) is 35.1 Å². The van der Waals surface area contributed by atoms with Crippen LogP contribution < -0.4 is 10.1 Å². The number of ether oxygens (including phenoxy) is 1. The molecule has 0 spiro atoms. The standard InChI is InChI=1S/C14H23NO3/c1-11(2)18-13-7-5-4-6-12(13)8-15-9-14(3,17)10-16/h4-7,11,15-17H,8-10H2,1-3H3. The van der Waals surface area contributed by atoms with Crippen LogP contribution in [0.1, 0.15) is 26.3 Å². The number of nitrogens with one attached hydrogen (secondary N) is 1. The van der Waals surface area contributed by atoms with Crippen molar-refractivity contribution in [2.24, 2.45) is 0 Å². The van der Waals surface area contributed by atoms with Crippen molar-refractivity contribution in [1.82, 2.24) is 5.32 Å². The minimum Gasteiger partial charge on any atom is -0.491 e. The van der Waals surface area contributed by atoms with E-state index in [9.17, 15) is 5.11 Å². The fourth-order valence-corrected chi connectivity index (χ4v) is 1.54. The Bertz CT molecular complexity index is 364. The molecule has 0 radical (unpaired) electrons. The van der Waals surface area contributed by atoms with Crippen molar-refractivity contribution in [1.29, 1.82) is 0 Å². The van der Waals surface area contributed by atoms with Crippen molar-refractivity contribution in [2.75, 3.05) is 13.2 Å². The lowest BCUT2D eigenvalue weighted by Gasteiger charge is -2.21. The number of hydrogen-bond donors (Lipinski definition) is 3. The zero-order chi connectivity index (χ0) is 13.6. The molecular formula is C14H23NO3. The lowest BCUT2D eigenvalue weighted by molar-refractivity contribution is 0.00249. The van der Waals surface area contributed by atoms with Crippen molar-refractivity contribution >= 4 is 0 Å². The van der Waals surface area contributed by atoms with Gasteiger partial charge in [-0.25, -0.2) is 0 Å². The van der Waals surface area contributed by atoms with Crippen LogP contribution in [0, 0.1) is 0 Å². The van der Waals surface area contributed by atoms with Gasteiger partial charge >= 0.3 is 0 Å². The second-order valence-corrected chi connectivity index (χ2v) is 5.03. The van der Waals surface area contributed by atoms with E-state index in [0.29, 0.717) is 13.1 Å². The smallest absolute Gasteiger partial charge is 0.124 e. The molecule has 0 aliphatic rings. The summed E-state index contributed by atoms with van der Waals surface area (Å²) in [6.07, 6.45) is 0.131. The number of benzene rings is 1. The Kier molecular flexibility index (Phi) is 5.59. The maximum absolute atomic E-state index is 9.67. The zero-order valence-corrected chi connectivity index (χ0v) is 11.3. The maximum atomic E-state index is 9.67. The predicted octanol–water partition coefficient (Wildman–Crippen LogP) is 1.31. The topological polar surface area (TPSA) is 61.7 Å². The summed E-state index contributed by atoms with van der Waals surface area (Å²) < 4.78 is 5.70. The van der Waals surface area contributed by atoms with Gasteiger partial charge in [0.05, 0.1) is 18.3 Å². The summed E-state index contributed by atoms with van der Waals surface area (Å²) in [5.41, 5.74) is -0.0478. The molecule has 3 N–H and O–H groups in total. The quantitative estimate of drug-likeness (QED) is 0.685. The highest BCUT2D eigenvalue weighted by molar-refractivity contribution is 5.33. The molecule has 1 rings (SSSR count). The molecular weight excluding hydrogens is 230 g/mol. The molecule has 0 fully saturated rings. The van der Waals surface area contributed by atoms with Gasteiger partial charge in [-0.1, -0.05) is 18.2 Å². The lowest BCUT2D eigenvalue weighted by Crippen LogP contribution is -2.40.